The lowest BCUT2D eigenvalue weighted by Crippen LogP contribution is -2.33. The van der Waals surface area contributed by atoms with E-state index in [-0.39, 0.29) is 24.2 Å². The quantitative estimate of drug-likeness (QED) is 0.393. The molecule has 0 aliphatic heterocycles. The van der Waals surface area contributed by atoms with Crippen LogP contribution in [0.2, 0.25) is 0 Å². The van der Waals surface area contributed by atoms with Crippen molar-refractivity contribution in [2.24, 2.45) is 11.8 Å². The summed E-state index contributed by atoms with van der Waals surface area (Å²) < 4.78 is 4.95. The molecule has 2 atom stereocenters. The fraction of sp³-hybridized carbons (Fsp3) is 0.286. The van der Waals surface area contributed by atoms with Gasteiger partial charge in [-0.2, -0.15) is 5.26 Å². The number of hydrogen-bond acceptors (Lipinski definition) is 4. The summed E-state index contributed by atoms with van der Waals surface area (Å²) in [7, 11) is 1.40. The van der Waals surface area contributed by atoms with E-state index >= 15 is 0 Å². The lowest BCUT2D eigenvalue weighted by atomic mass is 9.84. The Morgan fingerprint density at radius 3 is 1.75 bits per heavy atom. The molecule has 0 radical (unpaired) electrons. The van der Waals surface area contributed by atoms with Crippen LogP contribution in [0.15, 0.2) is 91.0 Å². The zero-order valence-corrected chi connectivity index (χ0v) is 18.6. The second-order valence-corrected chi connectivity index (χ2v) is 8.11. The molecule has 0 unspecified atom stereocenters. The van der Waals surface area contributed by atoms with Gasteiger partial charge in [-0.3, -0.25) is 9.69 Å². The van der Waals surface area contributed by atoms with E-state index in [1.807, 2.05) is 66.7 Å². The number of benzene rings is 3. The molecule has 0 fully saturated rings. The first kappa shape index (κ1) is 23.2. The zero-order valence-electron chi connectivity index (χ0n) is 18.6. The molecule has 4 heteroatoms. The van der Waals surface area contributed by atoms with E-state index in [9.17, 15) is 10.1 Å². The largest absolute Gasteiger partial charge is 0.469 e. The molecule has 0 bridgehead atoms. The van der Waals surface area contributed by atoms with Crippen LogP contribution in [-0.4, -0.2) is 24.5 Å². The van der Waals surface area contributed by atoms with E-state index in [4.69, 9.17) is 4.74 Å². The Labute approximate surface area is 191 Å². The van der Waals surface area contributed by atoms with E-state index in [0.29, 0.717) is 13.0 Å². The SMILES string of the molecule is COC(=O)C[C@@H](Cc1ccccc1)[C@@H](C#N)CN(Cc1ccccc1)Cc1ccccc1. The van der Waals surface area contributed by atoms with Gasteiger partial charge in [0.15, 0.2) is 0 Å². The predicted octanol–water partition coefficient (Wildman–Crippen LogP) is 5.25. The number of carbonyl (C=O) groups excluding carboxylic acids is 1. The Morgan fingerprint density at radius 2 is 1.31 bits per heavy atom. The molecule has 3 aromatic rings. The van der Waals surface area contributed by atoms with E-state index in [1.54, 1.807) is 0 Å². The van der Waals surface area contributed by atoms with Crippen LogP contribution in [0, 0.1) is 23.2 Å². The summed E-state index contributed by atoms with van der Waals surface area (Å²) >= 11 is 0. The van der Waals surface area contributed by atoms with Crippen molar-refractivity contribution in [1.82, 2.24) is 4.90 Å². The molecule has 3 aromatic carbocycles. The highest BCUT2D eigenvalue weighted by atomic mass is 16.5. The van der Waals surface area contributed by atoms with Gasteiger partial charge in [-0.05, 0) is 29.0 Å². The standard InChI is InChI=1S/C28H30N2O2/c1-32-28(31)18-26(17-23-11-5-2-6-12-23)27(19-29)22-30(20-24-13-7-3-8-14-24)21-25-15-9-4-10-16-25/h2-16,26-27H,17-18,20-22H2,1H3/t26-,27+/m1/s1. The number of nitriles is 1. The minimum absolute atomic E-state index is 0.121. The van der Waals surface area contributed by atoms with Gasteiger partial charge in [-0.1, -0.05) is 91.0 Å². The van der Waals surface area contributed by atoms with Crippen LogP contribution >= 0.6 is 0 Å². The molecule has 0 aromatic heterocycles. The Kier molecular flexibility index (Phi) is 9.04. The molecule has 0 N–H and O–H groups in total. The van der Waals surface area contributed by atoms with E-state index in [0.717, 1.165) is 18.7 Å². The van der Waals surface area contributed by atoms with Crippen LogP contribution in [0.5, 0.6) is 0 Å². The summed E-state index contributed by atoms with van der Waals surface area (Å²) in [4.78, 5) is 14.5. The summed E-state index contributed by atoms with van der Waals surface area (Å²) in [6, 6.07) is 33.1. The van der Waals surface area contributed by atoms with E-state index in [1.165, 1.54) is 18.2 Å². The second kappa shape index (κ2) is 12.4. The number of nitrogens with zero attached hydrogens (tertiary/aromatic N) is 2. The minimum atomic E-state index is -0.304. The monoisotopic (exact) mass is 426 g/mol. The molecule has 0 saturated heterocycles. The maximum Gasteiger partial charge on any atom is 0.305 e. The Morgan fingerprint density at radius 1 is 0.844 bits per heavy atom. The molecule has 3 rings (SSSR count). The maximum absolute atomic E-state index is 12.2. The van der Waals surface area contributed by atoms with Crippen molar-refractivity contribution in [1.29, 1.82) is 5.26 Å². The van der Waals surface area contributed by atoms with Gasteiger partial charge in [0.05, 0.1) is 19.1 Å². The van der Waals surface area contributed by atoms with Gasteiger partial charge < -0.3 is 4.74 Å². The van der Waals surface area contributed by atoms with E-state index in [2.05, 4.69) is 35.2 Å². The third kappa shape index (κ3) is 7.37. The molecule has 0 aliphatic carbocycles. The molecule has 0 saturated carbocycles. The van der Waals surface area contributed by atoms with Gasteiger partial charge in [0.25, 0.3) is 0 Å². The first-order valence-corrected chi connectivity index (χ1v) is 11.0. The van der Waals surface area contributed by atoms with Crippen LogP contribution in [0.3, 0.4) is 0 Å². The van der Waals surface area contributed by atoms with Crippen molar-refractivity contribution < 1.29 is 9.53 Å². The van der Waals surface area contributed by atoms with Crippen LogP contribution in [0.4, 0.5) is 0 Å². The number of esters is 1. The Balaban J connectivity index is 1.81. The normalized spacial score (nSPS) is 12.7. The van der Waals surface area contributed by atoms with Crippen molar-refractivity contribution in [3.05, 3.63) is 108 Å². The fourth-order valence-corrected chi connectivity index (χ4v) is 4.01. The number of carbonyl (C=O) groups is 1. The Bertz CT molecular complexity index is 943. The van der Waals surface area contributed by atoms with Crippen LogP contribution in [0.25, 0.3) is 0 Å². The Hall–Kier alpha value is -3.42. The second-order valence-electron chi connectivity index (χ2n) is 8.11. The number of ether oxygens (including phenoxy) is 1. The predicted molar refractivity (Wildman–Crippen MR) is 126 cm³/mol. The van der Waals surface area contributed by atoms with Crippen LogP contribution in [-0.2, 0) is 29.0 Å². The third-order valence-electron chi connectivity index (χ3n) is 5.69. The highest BCUT2D eigenvalue weighted by molar-refractivity contribution is 5.69. The summed E-state index contributed by atoms with van der Waals surface area (Å²) in [6.07, 6.45) is 0.896. The molecule has 4 nitrogen and oxygen atoms in total. The molecule has 32 heavy (non-hydrogen) atoms. The highest BCUT2D eigenvalue weighted by Crippen LogP contribution is 2.24. The zero-order chi connectivity index (χ0) is 22.6. The topological polar surface area (TPSA) is 53.3 Å². The summed E-state index contributed by atoms with van der Waals surface area (Å²) in [5, 5.41) is 10.1. The van der Waals surface area contributed by atoms with Crippen molar-refractivity contribution in [3.8, 4) is 6.07 Å². The average molecular weight is 427 g/mol. The molecular formula is C28H30N2O2. The van der Waals surface area contributed by atoms with Gasteiger partial charge in [0.2, 0.25) is 0 Å². The summed E-state index contributed by atoms with van der Waals surface area (Å²) in [5.74, 6) is -0.700. The lowest BCUT2D eigenvalue weighted by Gasteiger charge is -2.29. The van der Waals surface area contributed by atoms with Crippen molar-refractivity contribution in [3.63, 3.8) is 0 Å². The third-order valence-corrected chi connectivity index (χ3v) is 5.69. The average Bonchev–Trinajstić information content (AvgIpc) is 2.84. The van der Waals surface area contributed by atoms with Crippen LogP contribution in [0.1, 0.15) is 23.1 Å². The first-order valence-electron chi connectivity index (χ1n) is 11.0. The summed E-state index contributed by atoms with van der Waals surface area (Å²) in [5.41, 5.74) is 3.53. The number of hydrogen-bond donors (Lipinski definition) is 0. The number of methoxy groups -OCH3 is 1. The maximum atomic E-state index is 12.2. The number of rotatable bonds is 11. The minimum Gasteiger partial charge on any atom is -0.469 e. The van der Waals surface area contributed by atoms with Gasteiger partial charge in [-0.15, -0.1) is 0 Å². The van der Waals surface area contributed by atoms with Gasteiger partial charge in [-0.25, -0.2) is 0 Å². The molecule has 0 aliphatic rings. The van der Waals surface area contributed by atoms with Gasteiger partial charge >= 0.3 is 5.97 Å². The van der Waals surface area contributed by atoms with Crippen molar-refractivity contribution in [2.75, 3.05) is 13.7 Å². The molecule has 0 spiro atoms. The fourth-order valence-electron chi connectivity index (χ4n) is 4.01. The molecular weight excluding hydrogens is 396 g/mol. The molecule has 0 heterocycles. The van der Waals surface area contributed by atoms with Crippen LogP contribution < -0.4 is 0 Å². The van der Waals surface area contributed by atoms with Gasteiger partial charge in [0.1, 0.15) is 0 Å². The van der Waals surface area contributed by atoms with Crippen molar-refractivity contribution >= 4 is 5.97 Å². The first-order chi connectivity index (χ1) is 15.7. The lowest BCUT2D eigenvalue weighted by molar-refractivity contribution is -0.142. The molecule has 0 amide bonds. The highest BCUT2D eigenvalue weighted by Gasteiger charge is 2.27. The smallest absolute Gasteiger partial charge is 0.305 e. The van der Waals surface area contributed by atoms with Gasteiger partial charge in [0, 0.05) is 26.1 Å². The molecule has 164 valence electrons. The van der Waals surface area contributed by atoms with E-state index < -0.39 is 0 Å². The van der Waals surface area contributed by atoms with Crippen molar-refractivity contribution in [2.45, 2.75) is 25.9 Å². The summed E-state index contributed by atoms with van der Waals surface area (Å²) in [6.45, 7) is 2.06.